The Morgan fingerprint density at radius 2 is 1.89 bits per heavy atom. The molecule has 0 radical (unpaired) electrons. The average Bonchev–Trinajstić information content (AvgIpc) is 3.11. The molecule has 186 valence electrons. The smallest absolute Gasteiger partial charge is 0.295 e. The van der Waals surface area contributed by atoms with Gasteiger partial charge >= 0.3 is 0 Å². The van der Waals surface area contributed by atoms with Crippen molar-refractivity contribution in [3.8, 4) is 17.2 Å². The number of ether oxygens (including phenoxy) is 3. The van der Waals surface area contributed by atoms with Gasteiger partial charge in [0.2, 0.25) is 0 Å². The van der Waals surface area contributed by atoms with Crippen molar-refractivity contribution >= 4 is 17.4 Å². The molecule has 35 heavy (non-hydrogen) atoms. The van der Waals surface area contributed by atoms with E-state index in [4.69, 9.17) is 14.2 Å². The number of carbonyl (C=O) groups excluding carboxylic acids is 2. The summed E-state index contributed by atoms with van der Waals surface area (Å²) in [5.74, 6) is 0.170. The van der Waals surface area contributed by atoms with Gasteiger partial charge in [0.25, 0.3) is 11.7 Å². The van der Waals surface area contributed by atoms with E-state index in [1.807, 2.05) is 50.2 Å². The number of fused-ring (bicyclic) bond motifs is 1. The van der Waals surface area contributed by atoms with Gasteiger partial charge in [0.15, 0.2) is 11.5 Å². The molecule has 1 atom stereocenters. The van der Waals surface area contributed by atoms with Gasteiger partial charge in [-0.1, -0.05) is 19.1 Å². The molecule has 0 spiro atoms. The van der Waals surface area contributed by atoms with Crippen LogP contribution in [0.5, 0.6) is 17.2 Å². The topological polar surface area (TPSA) is 88.5 Å². The van der Waals surface area contributed by atoms with Crippen molar-refractivity contribution in [2.75, 3.05) is 47.0 Å². The first-order valence-electron chi connectivity index (χ1n) is 12.0. The first-order valence-corrected chi connectivity index (χ1v) is 12.0. The lowest BCUT2D eigenvalue weighted by molar-refractivity contribution is -0.139. The van der Waals surface area contributed by atoms with Crippen LogP contribution >= 0.6 is 0 Å². The van der Waals surface area contributed by atoms with Gasteiger partial charge in [-0.05, 0) is 69.4 Å². The maximum atomic E-state index is 13.3. The quantitative estimate of drug-likeness (QED) is 0.333. The molecule has 0 bridgehead atoms. The summed E-state index contributed by atoms with van der Waals surface area (Å²) in [7, 11) is 3.92. The number of carbonyl (C=O) groups is 2. The summed E-state index contributed by atoms with van der Waals surface area (Å²) < 4.78 is 17.0. The van der Waals surface area contributed by atoms with Crippen LogP contribution in [0.2, 0.25) is 0 Å². The molecule has 8 nitrogen and oxygen atoms in total. The summed E-state index contributed by atoms with van der Waals surface area (Å²) in [6.07, 6.45) is 1.55. The van der Waals surface area contributed by atoms with Gasteiger partial charge in [-0.3, -0.25) is 9.59 Å². The molecule has 2 heterocycles. The Hall–Kier alpha value is -3.52. The zero-order chi connectivity index (χ0) is 24.9. The van der Waals surface area contributed by atoms with Gasteiger partial charge in [-0.15, -0.1) is 0 Å². The Labute approximate surface area is 205 Å². The lowest BCUT2D eigenvalue weighted by atomic mass is 9.95. The molecule has 2 aliphatic heterocycles. The number of ketones is 1. The number of Topliss-reactive ketones (excluding diaryl/α,β-unsaturated/α-hetero) is 1. The zero-order valence-corrected chi connectivity index (χ0v) is 20.5. The maximum Gasteiger partial charge on any atom is 0.295 e. The van der Waals surface area contributed by atoms with Crippen LogP contribution in [0.15, 0.2) is 48.0 Å². The Morgan fingerprint density at radius 3 is 2.63 bits per heavy atom. The first-order chi connectivity index (χ1) is 16.9. The molecule has 0 saturated carbocycles. The van der Waals surface area contributed by atoms with Crippen molar-refractivity contribution in [3.63, 3.8) is 0 Å². The number of likely N-dealkylation sites (tertiary alicyclic amines) is 1. The molecule has 2 aromatic carbocycles. The second-order valence-electron chi connectivity index (χ2n) is 8.93. The van der Waals surface area contributed by atoms with E-state index >= 15 is 0 Å². The summed E-state index contributed by atoms with van der Waals surface area (Å²) in [5, 5.41) is 11.3. The van der Waals surface area contributed by atoms with Crippen molar-refractivity contribution in [2.24, 2.45) is 0 Å². The third-order valence-electron chi connectivity index (χ3n) is 6.01. The van der Waals surface area contributed by atoms with Gasteiger partial charge in [0.05, 0.1) is 18.2 Å². The predicted molar refractivity (Wildman–Crippen MR) is 132 cm³/mol. The molecule has 0 unspecified atom stereocenters. The van der Waals surface area contributed by atoms with E-state index in [2.05, 4.69) is 0 Å². The maximum absolute atomic E-state index is 13.3. The molecule has 1 saturated heterocycles. The minimum atomic E-state index is -0.726. The number of aliphatic hydroxyl groups is 1. The Morgan fingerprint density at radius 1 is 1.11 bits per heavy atom. The highest BCUT2D eigenvalue weighted by atomic mass is 16.6. The summed E-state index contributed by atoms with van der Waals surface area (Å²) in [4.78, 5) is 30.0. The van der Waals surface area contributed by atoms with E-state index < -0.39 is 17.7 Å². The highest BCUT2D eigenvalue weighted by Gasteiger charge is 2.46. The van der Waals surface area contributed by atoms with Gasteiger partial charge in [-0.2, -0.15) is 0 Å². The third-order valence-corrected chi connectivity index (χ3v) is 6.01. The van der Waals surface area contributed by atoms with Crippen molar-refractivity contribution in [3.05, 3.63) is 59.2 Å². The number of rotatable bonds is 9. The number of hydrogen-bond acceptors (Lipinski definition) is 7. The molecule has 1 N–H and O–H groups in total. The largest absolute Gasteiger partial charge is 0.507 e. The fourth-order valence-electron chi connectivity index (χ4n) is 4.35. The summed E-state index contributed by atoms with van der Waals surface area (Å²) in [6.45, 7) is 4.58. The van der Waals surface area contributed by atoms with Crippen LogP contribution in [-0.2, 0) is 9.59 Å². The normalized spacial score (nSPS) is 18.9. The molecule has 4 rings (SSSR count). The molecule has 8 heteroatoms. The van der Waals surface area contributed by atoms with E-state index in [9.17, 15) is 14.7 Å². The van der Waals surface area contributed by atoms with Gasteiger partial charge < -0.3 is 29.1 Å². The standard InChI is InChI=1S/C27H32N2O6/c1-4-13-33-20-8-5-7-18(16-20)24-23(26(31)27(32)29(24)12-6-11-28(2)3)25(30)19-9-10-21-22(17-19)35-15-14-34-21/h5,7-10,16-17,24,30H,4,6,11-15H2,1-3H3/t24-/m0/s1. The van der Waals surface area contributed by atoms with Crippen LogP contribution in [0.25, 0.3) is 5.76 Å². The molecule has 2 aromatic rings. The third kappa shape index (κ3) is 5.27. The predicted octanol–water partition coefficient (Wildman–Crippen LogP) is 3.62. The minimum absolute atomic E-state index is 0.0594. The number of amides is 1. The van der Waals surface area contributed by atoms with E-state index in [1.165, 1.54) is 0 Å². The lowest BCUT2D eigenvalue weighted by Gasteiger charge is -2.26. The first kappa shape index (κ1) is 24.6. The number of benzene rings is 2. The fraction of sp³-hybridized carbons (Fsp3) is 0.407. The summed E-state index contributed by atoms with van der Waals surface area (Å²) in [5.41, 5.74) is 1.16. The average molecular weight is 481 g/mol. The van der Waals surface area contributed by atoms with Crippen LogP contribution in [-0.4, -0.2) is 73.6 Å². The van der Waals surface area contributed by atoms with Crippen molar-refractivity contribution in [1.82, 2.24) is 9.80 Å². The highest BCUT2D eigenvalue weighted by Crippen LogP contribution is 2.41. The van der Waals surface area contributed by atoms with Gasteiger partial charge in [0, 0.05) is 12.1 Å². The second kappa shape index (κ2) is 10.8. The van der Waals surface area contributed by atoms with Crippen LogP contribution < -0.4 is 14.2 Å². The van der Waals surface area contributed by atoms with E-state index in [0.29, 0.717) is 61.2 Å². The van der Waals surface area contributed by atoms with Crippen LogP contribution in [0.1, 0.15) is 36.9 Å². The number of aliphatic hydroxyl groups excluding tert-OH is 1. The molecule has 2 aliphatic rings. The monoisotopic (exact) mass is 480 g/mol. The molecule has 1 amide bonds. The molecule has 0 aromatic heterocycles. The van der Waals surface area contributed by atoms with E-state index in [-0.39, 0.29) is 11.3 Å². The Kier molecular flexibility index (Phi) is 7.60. The fourth-order valence-corrected chi connectivity index (χ4v) is 4.35. The molecular weight excluding hydrogens is 448 g/mol. The van der Waals surface area contributed by atoms with E-state index in [1.54, 1.807) is 23.1 Å². The second-order valence-corrected chi connectivity index (χ2v) is 8.93. The zero-order valence-electron chi connectivity index (χ0n) is 20.5. The van der Waals surface area contributed by atoms with Crippen LogP contribution in [0, 0.1) is 0 Å². The number of nitrogens with zero attached hydrogens (tertiary/aromatic N) is 2. The summed E-state index contributed by atoms with van der Waals surface area (Å²) >= 11 is 0. The number of hydrogen-bond donors (Lipinski definition) is 1. The van der Waals surface area contributed by atoms with Gasteiger partial charge in [0.1, 0.15) is 24.7 Å². The summed E-state index contributed by atoms with van der Waals surface area (Å²) in [6, 6.07) is 11.7. The van der Waals surface area contributed by atoms with Crippen LogP contribution in [0.4, 0.5) is 0 Å². The highest BCUT2D eigenvalue weighted by molar-refractivity contribution is 6.46. The van der Waals surface area contributed by atoms with Crippen LogP contribution in [0.3, 0.4) is 0 Å². The lowest BCUT2D eigenvalue weighted by Crippen LogP contribution is -2.32. The Balaban J connectivity index is 1.77. The minimum Gasteiger partial charge on any atom is -0.507 e. The van der Waals surface area contributed by atoms with Crippen molar-refractivity contribution < 1.29 is 28.9 Å². The Bertz CT molecular complexity index is 1130. The van der Waals surface area contributed by atoms with Crippen molar-refractivity contribution in [2.45, 2.75) is 25.8 Å². The van der Waals surface area contributed by atoms with Gasteiger partial charge in [-0.25, -0.2) is 0 Å². The van der Waals surface area contributed by atoms with Crippen molar-refractivity contribution in [1.29, 1.82) is 0 Å². The molecule has 0 aliphatic carbocycles. The molecule has 1 fully saturated rings. The molecular formula is C27H32N2O6. The SMILES string of the molecule is CCCOc1cccc([C@H]2C(=C(O)c3ccc4c(c3)OCCO4)C(=O)C(=O)N2CCCN(C)C)c1. The van der Waals surface area contributed by atoms with E-state index in [0.717, 1.165) is 13.0 Å².